The van der Waals surface area contributed by atoms with Crippen molar-refractivity contribution in [2.75, 3.05) is 33.7 Å². The van der Waals surface area contributed by atoms with Crippen LogP contribution < -0.4 is 0 Å². The molecule has 3 rings (SSSR count). The molecule has 2 saturated heterocycles. The molecule has 2 amide bonds. The summed E-state index contributed by atoms with van der Waals surface area (Å²) in [5.41, 5.74) is 0.433. The first kappa shape index (κ1) is 24.7. The highest BCUT2D eigenvalue weighted by Crippen LogP contribution is 2.26. The molecule has 9 nitrogen and oxygen atoms in total. The number of amides is 2. The molecular formula is C23H32FN5O4. The number of amidine groups is 1. The number of hydrogen-bond acceptors (Lipinski definition) is 6. The summed E-state index contributed by atoms with van der Waals surface area (Å²) < 4.78 is 13.3. The van der Waals surface area contributed by atoms with E-state index in [9.17, 15) is 24.2 Å². The van der Waals surface area contributed by atoms with Gasteiger partial charge in [-0.15, -0.1) is 0 Å². The monoisotopic (exact) mass is 461 g/mol. The topological polar surface area (TPSA) is 111 Å². The summed E-state index contributed by atoms with van der Waals surface area (Å²) in [5.74, 6) is -1.74. The van der Waals surface area contributed by atoms with Crippen molar-refractivity contribution in [1.29, 1.82) is 5.41 Å². The molecule has 0 radical (unpaired) electrons. The molecule has 1 unspecified atom stereocenters. The minimum Gasteiger partial charge on any atom is -0.510 e. The van der Waals surface area contributed by atoms with Gasteiger partial charge in [0.25, 0.3) is 5.91 Å². The third-order valence-electron chi connectivity index (χ3n) is 6.14. The molecule has 1 aromatic carbocycles. The Morgan fingerprint density at radius 3 is 2.48 bits per heavy atom. The van der Waals surface area contributed by atoms with Gasteiger partial charge in [-0.2, -0.15) is 0 Å². The normalized spacial score (nSPS) is 23.7. The van der Waals surface area contributed by atoms with E-state index in [-0.39, 0.29) is 42.7 Å². The lowest BCUT2D eigenvalue weighted by Gasteiger charge is -2.43. The van der Waals surface area contributed by atoms with E-state index in [1.165, 1.54) is 34.1 Å². The molecule has 0 spiro atoms. The van der Waals surface area contributed by atoms with Gasteiger partial charge in [0.15, 0.2) is 0 Å². The zero-order valence-electron chi connectivity index (χ0n) is 19.3. The third kappa shape index (κ3) is 5.17. The van der Waals surface area contributed by atoms with Gasteiger partial charge in [0.05, 0.1) is 12.6 Å². The number of likely N-dealkylation sites (N-methyl/N-ethyl adjacent to an activating group) is 2. The lowest BCUT2D eigenvalue weighted by molar-refractivity contribution is -0.151. The molecule has 33 heavy (non-hydrogen) atoms. The number of rotatable bonds is 6. The van der Waals surface area contributed by atoms with Crippen LogP contribution in [0.3, 0.4) is 0 Å². The SMILES string of the molecule is CCN1C(=O)C(=C(O)CN2CCCC[C@@H]2C(=O)N(C)C)C(=N)N(Cc2ccc(F)cc2)C1O. The van der Waals surface area contributed by atoms with Crippen LogP contribution in [0.15, 0.2) is 35.6 Å². The molecule has 2 aliphatic heterocycles. The fourth-order valence-electron chi connectivity index (χ4n) is 4.32. The first-order valence-electron chi connectivity index (χ1n) is 11.1. The average molecular weight is 462 g/mol. The van der Waals surface area contributed by atoms with Crippen LogP contribution in [0.1, 0.15) is 31.7 Å². The Bertz CT molecular complexity index is 933. The van der Waals surface area contributed by atoms with E-state index in [0.717, 1.165) is 17.7 Å². The Labute approximate surface area is 193 Å². The highest BCUT2D eigenvalue weighted by Gasteiger charge is 2.41. The van der Waals surface area contributed by atoms with Crippen LogP contribution >= 0.6 is 0 Å². The van der Waals surface area contributed by atoms with Crippen molar-refractivity contribution >= 4 is 17.6 Å². The van der Waals surface area contributed by atoms with Gasteiger partial charge in [0, 0.05) is 27.2 Å². The molecule has 0 bridgehead atoms. The van der Waals surface area contributed by atoms with Crippen molar-refractivity contribution in [3.63, 3.8) is 0 Å². The Morgan fingerprint density at radius 2 is 1.88 bits per heavy atom. The Morgan fingerprint density at radius 1 is 1.21 bits per heavy atom. The van der Waals surface area contributed by atoms with E-state index in [2.05, 4.69) is 0 Å². The standard InChI is InChI=1S/C23H32FN5O4/c1-4-28-22(32)19(18(30)14-27-12-6-5-7-17(27)21(31)26(2)3)20(25)29(23(28)33)13-15-8-10-16(24)11-9-15/h8-11,17,23,25,30,33H,4-7,12-14H2,1-3H3/t17-,23?/m1/s1. The van der Waals surface area contributed by atoms with Gasteiger partial charge in [0.2, 0.25) is 12.3 Å². The largest absolute Gasteiger partial charge is 0.510 e. The Kier molecular flexibility index (Phi) is 7.70. The van der Waals surface area contributed by atoms with Gasteiger partial charge in [-0.3, -0.25) is 24.8 Å². The van der Waals surface area contributed by atoms with Gasteiger partial charge in [-0.25, -0.2) is 4.39 Å². The number of carbonyl (C=O) groups excluding carboxylic acids is 2. The molecule has 0 saturated carbocycles. The van der Waals surface area contributed by atoms with Crippen LogP contribution in [0.5, 0.6) is 0 Å². The fourth-order valence-corrected chi connectivity index (χ4v) is 4.32. The number of benzene rings is 1. The number of nitrogens with one attached hydrogen (secondary N) is 1. The van der Waals surface area contributed by atoms with Crippen LogP contribution in [-0.4, -0.2) is 93.6 Å². The van der Waals surface area contributed by atoms with E-state index in [1.54, 1.807) is 21.0 Å². The second-order valence-electron chi connectivity index (χ2n) is 8.58. The molecule has 180 valence electrons. The number of piperidine rings is 1. The predicted molar refractivity (Wildman–Crippen MR) is 121 cm³/mol. The molecule has 2 heterocycles. The number of aliphatic hydroxyl groups excluding tert-OH is 2. The number of nitrogens with zero attached hydrogens (tertiary/aromatic N) is 4. The second-order valence-corrected chi connectivity index (χ2v) is 8.58. The molecule has 3 N–H and O–H groups in total. The van der Waals surface area contributed by atoms with Crippen molar-refractivity contribution < 1.29 is 24.2 Å². The number of halogens is 1. The zero-order valence-corrected chi connectivity index (χ0v) is 19.3. The summed E-state index contributed by atoms with van der Waals surface area (Å²) in [4.78, 5) is 31.5. The number of hydrogen-bond donors (Lipinski definition) is 3. The number of carbonyl (C=O) groups is 2. The van der Waals surface area contributed by atoms with Crippen molar-refractivity contribution in [2.45, 2.75) is 45.1 Å². The molecule has 0 aliphatic carbocycles. The van der Waals surface area contributed by atoms with Gasteiger partial charge >= 0.3 is 0 Å². The summed E-state index contributed by atoms with van der Waals surface area (Å²) in [6, 6.07) is 5.23. The van der Waals surface area contributed by atoms with Gasteiger partial charge < -0.3 is 20.0 Å². The van der Waals surface area contributed by atoms with Crippen LogP contribution in [0.25, 0.3) is 0 Å². The summed E-state index contributed by atoms with van der Waals surface area (Å²) in [5, 5.41) is 30.3. The quantitative estimate of drug-likeness (QED) is 0.437. The summed E-state index contributed by atoms with van der Waals surface area (Å²) in [7, 11) is 3.36. The Hall–Kier alpha value is -2.98. The van der Waals surface area contributed by atoms with E-state index in [0.29, 0.717) is 18.5 Å². The molecular weight excluding hydrogens is 429 g/mol. The van der Waals surface area contributed by atoms with E-state index in [1.807, 2.05) is 4.90 Å². The number of aliphatic hydroxyl groups is 2. The highest BCUT2D eigenvalue weighted by molar-refractivity contribution is 6.21. The van der Waals surface area contributed by atoms with E-state index in [4.69, 9.17) is 5.41 Å². The summed E-state index contributed by atoms with van der Waals surface area (Å²) in [6.07, 6.45) is 1.02. The molecule has 1 aromatic rings. The lowest BCUT2D eigenvalue weighted by atomic mass is 10.00. The van der Waals surface area contributed by atoms with Gasteiger partial charge in [-0.05, 0) is 44.0 Å². The molecule has 10 heteroatoms. The van der Waals surface area contributed by atoms with Crippen molar-refractivity contribution in [3.05, 3.63) is 47.0 Å². The maximum Gasteiger partial charge on any atom is 0.264 e. The minimum absolute atomic E-state index is 0.0479. The second kappa shape index (κ2) is 10.3. The van der Waals surface area contributed by atoms with Crippen LogP contribution in [-0.2, 0) is 16.1 Å². The summed E-state index contributed by atoms with van der Waals surface area (Å²) >= 11 is 0. The third-order valence-corrected chi connectivity index (χ3v) is 6.14. The molecule has 0 aromatic heterocycles. The Balaban J connectivity index is 1.90. The average Bonchev–Trinajstić information content (AvgIpc) is 2.78. The van der Waals surface area contributed by atoms with Crippen LogP contribution in [0, 0.1) is 11.2 Å². The first-order valence-corrected chi connectivity index (χ1v) is 11.1. The maximum absolute atomic E-state index is 13.3. The van der Waals surface area contributed by atoms with Crippen LogP contribution in [0.2, 0.25) is 0 Å². The van der Waals surface area contributed by atoms with Crippen LogP contribution in [0.4, 0.5) is 4.39 Å². The predicted octanol–water partition coefficient (Wildman–Crippen LogP) is 1.50. The molecule has 2 atom stereocenters. The molecule has 2 aliphatic rings. The minimum atomic E-state index is -1.39. The maximum atomic E-state index is 13.3. The summed E-state index contributed by atoms with van der Waals surface area (Å²) in [6.45, 7) is 2.44. The smallest absolute Gasteiger partial charge is 0.264 e. The van der Waals surface area contributed by atoms with E-state index < -0.39 is 24.1 Å². The van der Waals surface area contributed by atoms with Gasteiger partial charge in [-0.1, -0.05) is 18.6 Å². The molecule has 2 fully saturated rings. The van der Waals surface area contributed by atoms with Crippen molar-refractivity contribution in [3.8, 4) is 0 Å². The van der Waals surface area contributed by atoms with Crippen molar-refractivity contribution in [2.24, 2.45) is 0 Å². The lowest BCUT2D eigenvalue weighted by Crippen LogP contribution is -2.59. The van der Waals surface area contributed by atoms with Gasteiger partial charge in [0.1, 0.15) is 23.0 Å². The first-order chi connectivity index (χ1) is 15.6. The zero-order chi connectivity index (χ0) is 24.3. The number of likely N-dealkylation sites (tertiary alicyclic amines) is 1. The highest BCUT2D eigenvalue weighted by atomic mass is 19.1. The van der Waals surface area contributed by atoms with E-state index >= 15 is 0 Å². The van der Waals surface area contributed by atoms with Crippen molar-refractivity contribution in [1.82, 2.24) is 19.6 Å². The fraction of sp³-hybridized carbons (Fsp3) is 0.522.